The summed E-state index contributed by atoms with van der Waals surface area (Å²) >= 11 is 6.11. The molecule has 6 heteroatoms. The molecule has 0 saturated carbocycles. The van der Waals surface area contributed by atoms with Gasteiger partial charge in [-0.25, -0.2) is 4.98 Å². The van der Waals surface area contributed by atoms with E-state index in [1.54, 1.807) is 6.92 Å². The molecule has 1 rings (SSSR count). The number of aromatic nitrogens is 1. The van der Waals surface area contributed by atoms with Gasteiger partial charge in [-0.3, -0.25) is 0 Å². The summed E-state index contributed by atoms with van der Waals surface area (Å²) in [6.07, 6.45) is -4.33. The Kier molecular flexibility index (Phi) is 3.58. The highest BCUT2D eigenvalue weighted by Crippen LogP contribution is 2.33. The van der Waals surface area contributed by atoms with E-state index >= 15 is 0 Å². The van der Waals surface area contributed by atoms with Crippen LogP contribution in [0.15, 0.2) is 16.7 Å². The van der Waals surface area contributed by atoms with Crippen molar-refractivity contribution in [3.05, 3.63) is 28.0 Å². The Hall–Kier alpha value is -0.100. The summed E-state index contributed by atoms with van der Waals surface area (Å²) in [5.41, 5.74) is -0.340. The first-order valence-electron chi connectivity index (χ1n) is 3.69. The lowest BCUT2D eigenvalue weighted by molar-refractivity contribution is -0.137. The van der Waals surface area contributed by atoms with Gasteiger partial charge in [-0.2, -0.15) is 13.2 Å². The van der Waals surface area contributed by atoms with Crippen molar-refractivity contribution in [2.75, 3.05) is 0 Å². The van der Waals surface area contributed by atoms with Crippen LogP contribution in [-0.2, 0) is 6.18 Å². The van der Waals surface area contributed by atoms with Gasteiger partial charge in [0.2, 0.25) is 0 Å². The smallest absolute Gasteiger partial charge is 0.245 e. The Morgan fingerprint density at radius 3 is 2.36 bits per heavy atom. The molecule has 78 valence electrons. The molecule has 0 aliphatic rings. The van der Waals surface area contributed by atoms with Gasteiger partial charge in [-0.1, -0.05) is 15.9 Å². The second-order valence-corrected chi connectivity index (χ2v) is 4.90. The standard InChI is InChI=1S/C8H6Br2F3N/c1-4(9)6-2-5(8(11,12)13)3-7(10)14-6/h2-4H,1H3. The molecule has 1 nitrogen and oxygen atoms in total. The van der Waals surface area contributed by atoms with E-state index < -0.39 is 11.7 Å². The zero-order chi connectivity index (χ0) is 10.9. The second-order valence-electron chi connectivity index (χ2n) is 2.72. The molecular formula is C8H6Br2F3N. The highest BCUT2D eigenvalue weighted by molar-refractivity contribution is 9.10. The summed E-state index contributed by atoms with van der Waals surface area (Å²) in [5.74, 6) is 0. The molecule has 1 aromatic heterocycles. The van der Waals surface area contributed by atoms with Crippen LogP contribution in [0.3, 0.4) is 0 Å². The Morgan fingerprint density at radius 2 is 1.93 bits per heavy atom. The van der Waals surface area contributed by atoms with E-state index in [1.807, 2.05) is 0 Å². The van der Waals surface area contributed by atoms with Gasteiger partial charge in [-0.05, 0) is 35.0 Å². The molecule has 0 bridgehead atoms. The molecule has 0 N–H and O–H groups in total. The summed E-state index contributed by atoms with van der Waals surface area (Å²) in [6, 6.07) is 1.99. The van der Waals surface area contributed by atoms with E-state index in [9.17, 15) is 13.2 Å². The third-order valence-corrected chi connectivity index (χ3v) is 2.42. The van der Waals surface area contributed by atoms with Gasteiger partial charge >= 0.3 is 6.18 Å². The van der Waals surface area contributed by atoms with Crippen molar-refractivity contribution in [2.24, 2.45) is 0 Å². The predicted molar refractivity (Wildman–Crippen MR) is 54.3 cm³/mol. The fourth-order valence-electron chi connectivity index (χ4n) is 0.885. The Morgan fingerprint density at radius 1 is 1.36 bits per heavy atom. The van der Waals surface area contributed by atoms with Crippen molar-refractivity contribution < 1.29 is 13.2 Å². The minimum atomic E-state index is -4.33. The minimum absolute atomic E-state index is 0.189. The fourth-order valence-corrected chi connectivity index (χ4v) is 1.57. The third kappa shape index (κ3) is 2.95. The van der Waals surface area contributed by atoms with Crippen LogP contribution in [0.2, 0.25) is 0 Å². The zero-order valence-electron chi connectivity index (χ0n) is 7.07. The van der Waals surface area contributed by atoms with Gasteiger partial charge < -0.3 is 0 Å². The molecule has 14 heavy (non-hydrogen) atoms. The second kappa shape index (κ2) is 4.18. The van der Waals surface area contributed by atoms with Crippen molar-refractivity contribution in [3.8, 4) is 0 Å². The monoisotopic (exact) mass is 331 g/mol. The maximum Gasteiger partial charge on any atom is 0.416 e. The Balaban J connectivity index is 3.21. The number of nitrogens with zero attached hydrogens (tertiary/aromatic N) is 1. The zero-order valence-corrected chi connectivity index (χ0v) is 10.2. The van der Waals surface area contributed by atoms with E-state index in [1.165, 1.54) is 0 Å². The number of hydrogen-bond acceptors (Lipinski definition) is 1. The van der Waals surface area contributed by atoms with Crippen LogP contribution in [0.1, 0.15) is 23.0 Å². The highest BCUT2D eigenvalue weighted by Gasteiger charge is 2.31. The molecular weight excluding hydrogens is 327 g/mol. The summed E-state index contributed by atoms with van der Waals surface area (Å²) in [7, 11) is 0. The normalized spacial score (nSPS) is 14.1. The molecule has 0 spiro atoms. The van der Waals surface area contributed by atoms with Crippen LogP contribution < -0.4 is 0 Å². The van der Waals surface area contributed by atoms with Crippen molar-refractivity contribution in [1.29, 1.82) is 0 Å². The number of rotatable bonds is 1. The average molecular weight is 333 g/mol. The molecule has 1 aromatic rings. The Labute approximate surface area is 96.0 Å². The summed E-state index contributed by atoms with van der Waals surface area (Å²) in [4.78, 5) is 3.71. The first-order chi connectivity index (χ1) is 6.30. The van der Waals surface area contributed by atoms with E-state index in [0.29, 0.717) is 5.69 Å². The molecule has 0 aromatic carbocycles. The molecule has 0 amide bonds. The summed E-state index contributed by atoms with van der Waals surface area (Å²) in [6.45, 7) is 1.72. The van der Waals surface area contributed by atoms with Crippen LogP contribution in [0.25, 0.3) is 0 Å². The molecule has 0 saturated heterocycles. The molecule has 1 heterocycles. The molecule has 1 unspecified atom stereocenters. The predicted octanol–water partition coefficient (Wildman–Crippen LogP) is 4.32. The van der Waals surface area contributed by atoms with Crippen molar-refractivity contribution in [2.45, 2.75) is 17.9 Å². The summed E-state index contributed by atoms with van der Waals surface area (Å²) in [5, 5.41) is 0. The van der Waals surface area contributed by atoms with Crippen LogP contribution in [0, 0.1) is 0 Å². The van der Waals surface area contributed by atoms with Gasteiger partial charge in [-0.15, -0.1) is 0 Å². The first kappa shape index (κ1) is 12.0. The van der Waals surface area contributed by atoms with Gasteiger partial charge in [0, 0.05) is 0 Å². The average Bonchev–Trinajstić information content (AvgIpc) is 2.01. The number of hydrogen-bond donors (Lipinski definition) is 0. The molecule has 0 aliphatic heterocycles. The molecule has 0 fully saturated rings. The van der Waals surface area contributed by atoms with Gasteiger partial charge in [0.05, 0.1) is 16.1 Å². The topological polar surface area (TPSA) is 12.9 Å². The SMILES string of the molecule is CC(Br)c1cc(C(F)(F)F)cc(Br)n1. The van der Waals surface area contributed by atoms with E-state index in [0.717, 1.165) is 12.1 Å². The van der Waals surface area contributed by atoms with Crippen LogP contribution in [0.5, 0.6) is 0 Å². The summed E-state index contributed by atoms with van der Waals surface area (Å²) < 4.78 is 37.2. The van der Waals surface area contributed by atoms with E-state index in [4.69, 9.17) is 0 Å². The Bertz CT molecular complexity index is 336. The number of halogens is 5. The van der Waals surface area contributed by atoms with Gasteiger partial charge in [0.25, 0.3) is 0 Å². The highest BCUT2D eigenvalue weighted by atomic mass is 79.9. The lowest BCUT2D eigenvalue weighted by Gasteiger charge is -2.10. The first-order valence-corrected chi connectivity index (χ1v) is 5.40. The quantitative estimate of drug-likeness (QED) is 0.551. The van der Waals surface area contributed by atoms with Crippen LogP contribution in [0.4, 0.5) is 13.2 Å². The van der Waals surface area contributed by atoms with Crippen molar-refractivity contribution in [1.82, 2.24) is 4.98 Å². The van der Waals surface area contributed by atoms with Gasteiger partial charge in [0.1, 0.15) is 4.60 Å². The fraction of sp³-hybridized carbons (Fsp3) is 0.375. The molecule has 0 aliphatic carbocycles. The number of pyridine rings is 1. The van der Waals surface area contributed by atoms with E-state index in [2.05, 4.69) is 36.8 Å². The van der Waals surface area contributed by atoms with Crippen LogP contribution >= 0.6 is 31.9 Å². The van der Waals surface area contributed by atoms with Crippen molar-refractivity contribution in [3.63, 3.8) is 0 Å². The van der Waals surface area contributed by atoms with Crippen LogP contribution in [-0.4, -0.2) is 4.98 Å². The maximum atomic E-state index is 12.3. The molecule has 0 radical (unpaired) electrons. The van der Waals surface area contributed by atoms with E-state index in [-0.39, 0.29) is 9.43 Å². The lowest BCUT2D eigenvalue weighted by atomic mass is 10.2. The van der Waals surface area contributed by atoms with Crippen molar-refractivity contribution >= 4 is 31.9 Å². The third-order valence-electron chi connectivity index (χ3n) is 1.55. The van der Waals surface area contributed by atoms with Gasteiger partial charge in [0.15, 0.2) is 0 Å². The minimum Gasteiger partial charge on any atom is -0.245 e. The maximum absolute atomic E-state index is 12.3. The number of alkyl halides is 4. The lowest BCUT2D eigenvalue weighted by Crippen LogP contribution is -2.07. The largest absolute Gasteiger partial charge is 0.416 e. The molecule has 1 atom stereocenters.